The van der Waals surface area contributed by atoms with Gasteiger partial charge in [-0.2, -0.15) is 4.98 Å². The molecule has 0 saturated carbocycles. The Kier molecular flexibility index (Phi) is 4.16. The first-order chi connectivity index (χ1) is 9.11. The third-order valence-electron chi connectivity index (χ3n) is 2.35. The second kappa shape index (κ2) is 5.83. The van der Waals surface area contributed by atoms with Crippen LogP contribution in [0.4, 0.5) is 0 Å². The first-order valence-electron chi connectivity index (χ1n) is 5.80. The van der Waals surface area contributed by atoms with Crippen molar-refractivity contribution in [3.8, 4) is 0 Å². The van der Waals surface area contributed by atoms with Crippen LogP contribution >= 0.6 is 11.8 Å². The molecule has 1 atom stereocenters. The van der Waals surface area contributed by atoms with Gasteiger partial charge in [-0.15, -0.1) is 0 Å². The van der Waals surface area contributed by atoms with Crippen molar-refractivity contribution in [3.05, 3.63) is 34.9 Å². The number of hydrogen-bond acceptors (Lipinski definition) is 6. The third kappa shape index (κ3) is 3.11. The van der Waals surface area contributed by atoms with Gasteiger partial charge < -0.3 is 4.74 Å². The zero-order valence-corrected chi connectivity index (χ0v) is 11.4. The first-order valence-corrected chi connectivity index (χ1v) is 6.68. The Hall–Kier alpha value is -1.89. The lowest BCUT2D eigenvalue weighted by molar-refractivity contribution is -0.142. The number of esters is 1. The number of hydrogen-bond donors (Lipinski definition) is 0. The van der Waals surface area contributed by atoms with Crippen LogP contribution in [0, 0.1) is 0 Å². The first kappa shape index (κ1) is 13.5. The number of rotatable bonds is 4. The van der Waals surface area contributed by atoms with Crippen molar-refractivity contribution in [1.29, 1.82) is 0 Å². The lowest BCUT2D eigenvalue weighted by atomic mass is 10.5. The summed E-state index contributed by atoms with van der Waals surface area (Å²) in [4.78, 5) is 31.3. The summed E-state index contributed by atoms with van der Waals surface area (Å²) >= 11 is 1.11. The van der Waals surface area contributed by atoms with Gasteiger partial charge in [0.05, 0.1) is 6.61 Å². The van der Waals surface area contributed by atoms with Gasteiger partial charge in [-0.05, 0) is 26.0 Å². The molecule has 0 aliphatic rings. The fraction of sp³-hybridized carbons (Fsp3) is 0.333. The largest absolute Gasteiger partial charge is 0.465 e. The molecule has 0 N–H and O–H groups in total. The molecule has 0 aliphatic carbocycles. The summed E-state index contributed by atoms with van der Waals surface area (Å²) < 4.78 is 6.24. The molecule has 19 heavy (non-hydrogen) atoms. The Balaban J connectivity index is 2.26. The van der Waals surface area contributed by atoms with E-state index in [1.807, 2.05) is 0 Å². The molecule has 0 aliphatic heterocycles. The van der Waals surface area contributed by atoms with Gasteiger partial charge in [0.25, 0.3) is 0 Å². The molecule has 2 heterocycles. The topological polar surface area (TPSA) is 73.6 Å². The normalized spacial score (nSPS) is 12.3. The third-order valence-corrected chi connectivity index (χ3v) is 3.29. The Labute approximate surface area is 113 Å². The number of thioether (sulfide) groups is 1. The zero-order chi connectivity index (χ0) is 13.8. The maximum absolute atomic E-state index is 11.8. The van der Waals surface area contributed by atoms with E-state index in [0.717, 1.165) is 11.8 Å². The number of ether oxygens (including phenoxy) is 1. The van der Waals surface area contributed by atoms with Crippen LogP contribution in [-0.2, 0) is 9.53 Å². The highest BCUT2D eigenvalue weighted by Crippen LogP contribution is 2.19. The van der Waals surface area contributed by atoms with E-state index in [-0.39, 0.29) is 11.1 Å². The Morgan fingerprint density at radius 1 is 1.47 bits per heavy atom. The van der Waals surface area contributed by atoms with Crippen LogP contribution in [0.2, 0.25) is 0 Å². The van der Waals surface area contributed by atoms with Gasteiger partial charge in [0.2, 0.25) is 0 Å². The monoisotopic (exact) mass is 279 g/mol. The molecule has 0 fully saturated rings. The maximum atomic E-state index is 11.8. The number of pyridine rings is 1. The van der Waals surface area contributed by atoms with Crippen molar-refractivity contribution in [3.63, 3.8) is 0 Å². The molecule has 100 valence electrons. The Bertz CT molecular complexity index is 656. The predicted molar refractivity (Wildman–Crippen MR) is 71.2 cm³/mol. The van der Waals surface area contributed by atoms with Crippen LogP contribution in [-0.4, -0.2) is 32.2 Å². The lowest BCUT2D eigenvalue weighted by Crippen LogP contribution is -2.21. The molecule has 0 unspecified atom stereocenters. The van der Waals surface area contributed by atoms with Crippen molar-refractivity contribution in [2.24, 2.45) is 0 Å². The summed E-state index contributed by atoms with van der Waals surface area (Å²) in [6.45, 7) is 3.76. The molecule has 6 nitrogen and oxygen atoms in total. The molecule has 2 aromatic heterocycles. The highest BCUT2D eigenvalue weighted by Gasteiger charge is 2.17. The van der Waals surface area contributed by atoms with Gasteiger partial charge >= 0.3 is 11.7 Å². The van der Waals surface area contributed by atoms with Gasteiger partial charge in [0.1, 0.15) is 10.9 Å². The molecule has 0 bridgehead atoms. The van der Waals surface area contributed by atoms with Crippen LogP contribution in [0.3, 0.4) is 0 Å². The molecule has 0 amide bonds. The minimum atomic E-state index is -0.453. The number of aromatic nitrogens is 3. The van der Waals surface area contributed by atoms with E-state index >= 15 is 0 Å². The fourth-order valence-corrected chi connectivity index (χ4v) is 2.22. The quantitative estimate of drug-likeness (QED) is 0.617. The summed E-state index contributed by atoms with van der Waals surface area (Å²) in [5.74, 6) is -0.343. The summed E-state index contributed by atoms with van der Waals surface area (Å²) in [5, 5.41) is -0.178. The van der Waals surface area contributed by atoms with Crippen molar-refractivity contribution < 1.29 is 9.53 Å². The summed E-state index contributed by atoms with van der Waals surface area (Å²) in [6, 6.07) is 5.22. The van der Waals surface area contributed by atoms with E-state index in [4.69, 9.17) is 4.74 Å². The van der Waals surface area contributed by atoms with Crippen LogP contribution in [0.15, 0.2) is 34.3 Å². The molecule has 7 heteroatoms. The Morgan fingerprint density at radius 2 is 2.26 bits per heavy atom. The van der Waals surface area contributed by atoms with E-state index in [9.17, 15) is 9.59 Å². The summed E-state index contributed by atoms with van der Waals surface area (Å²) in [6.07, 6.45) is 1.60. The molecular formula is C12H13N3O3S. The smallest absolute Gasteiger partial charge is 0.355 e. The SMILES string of the molecule is CCOC(=O)[C@H](C)Sc1nc(=O)n2ccccc2n1. The van der Waals surface area contributed by atoms with Gasteiger partial charge in [0.15, 0.2) is 5.16 Å². The van der Waals surface area contributed by atoms with Crippen LogP contribution in [0.25, 0.3) is 5.65 Å². The van der Waals surface area contributed by atoms with Crippen molar-refractivity contribution in [1.82, 2.24) is 14.4 Å². The highest BCUT2D eigenvalue weighted by atomic mass is 32.2. The second-order valence-corrected chi connectivity index (χ2v) is 5.04. The number of carbonyl (C=O) groups is 1. The van der Waals surface area contributed by atoms with Crippen LogP contribution in [0.5, 0.6) is 0 Å². The second-order valence-electron chi connectivity index (χ2n) is 3.73. The van der Waals surface area contributed by atoms with E-state index in [0.29, 0.717) is 12.3 Å². The number of nitrogens with zero attached hydrogens (tertiary/aromatic N) is 3. The highest BCUT2D eigenvalue weighted by molar-refractivity contribution is 8.00. The average Bonchev–Trinajstić information content (AvgIpc) is 2.39. The summed E-state index contributed by atoms with van der Waals surface area (Å²) in [7, 11) is 0. The molecule has 0 radical (unpaired) electrons. The summed E-state index contributed by atoms with van der Waals surface area (Å²) in [5.41, 5.74) is 0.0882. The van der Waals surface area contributed by atoms with Gasteiger partial charge in [-0.25, -0.2) is 9.78 Å². The number of carbonyl (C=O) groups excluding carboxylic acids is 1. The minimum Gasteiger partial charge on any atom is -0.465 e. The molecule has 2 aromatic rings. The molecule has 0 spiro atoms. The van der Waals surface area contributed by atoms with E-state index in [1.54, 1.807) is 38.2 Å². The van der Waals surface area contributed by atoms with Crippen LogP contribution in [0.1, 0.15) is 13.8 Å². The zero-order valence-electron chi connectivity index (χ0n) is 10.6. The number of fused-ring (bicyclic) bond motifs is 1. The molecule has 0 aromatic carbocycles. The molecule has 0 saturated heterocycles. The van der Waals surface area contributed by atoms with Crippen molar-refractivity contribution in [2.45, 2.75) is 24.3 Å². The van der Waals surface area contributed by atoms with Crippen molar-refractivity contribution in [2.75, 3.05) is 6.61 Å². The Morgan fingerprint density at radius 3 is 3.00 bits per heavy atom. The molecular weight excluding hydrogens is 266 g/mol. The van der Waals surface area contributed by atoms with Crippen LogP contribution < -0.4 is 5.69 Å². The standard InChI is InChI=1S/C12H13N3O3S/c1-3-18-10(16)8(2)19-11-13-9-6-4-5-7-15(9)12(17)14-11/h4-8H,3H2,1-2H3/t8-/m0/s1. The molecule has 2 rings (SSSR count). The average molecular weight is 279 g/mol. The van der Waals surface area contributed by atoms with E-state index < -0.39 is 10.9 Å². The maximum Gasteiger partial charge on any atom is 0.355 e. The van der Waals surface area contributed by atoms with Gasteiger partial charge in [-0.1, -0.05) is 17.8 Å². The minimum absolute atomic E-state index is 0.275. The van der Waals surface area contributed by atoms with E-state index in [2.05, 4.69) is 9.97 Å². The predicted octanol–water partition coefficient (Wildman–Crippen LogP) is 1.13. The van der Waals surface area contributed by atoms with Gasteiger partial charge in [-0.3, -0.25) is 9.20 Å². The van der Waals surface area contributed by atoms with Crippen molar-refractivity contribution >= 4 is 23.4 Å². The fourth-order valence-electron chi connectivity index (χ4n) is 1.46. The van der Waals surface area contributed by atoms with Gasteiger partial charge in [0, 0.05) is 6.20 Å². The lowest BCUT2D eigenvalue weighted by Gasteiger charge is -2.09. The van der Waals surface area contributed by atoms with E-state index in [1.165, 1.54) is 4.40 Å².